The Kier molecular flexibility index (Phi) is 5.26. The Balaban J connectivity index is 1.62. The molecule has 0 heterocycles. The maximum Gasteiger partial charge on any atom is 0.319 e. The summed E-state index contributed by atoms with van der Waals surface area (Å²) in [7, 11) is 0. The molecule has 3 aromatic carbocycles. The van der Waals surface area contributed by atoms with Crippen LogP contribution in [0.25, 0.3) is 0 Å². The van der Waals surface area contributed by atoms with Crippen molar-refractivity contribution in [3.63, 3.8) is 0 Å². The van der Waals surface area contributed by atoms with E-state index >= 15 is 0 Å². The van der Waals surface area contributed by atoms with Gasteiger partial charge in [-0.1, -0.05) is 42.5 Å². The number of anilines is 1. The van der Waals surface area contributed by atoms with Crippen molar-refractivity contribution >= 4 is 11.7 Å². The molecular formula is C20H17FN2O2. The zero-order valence-corrected chi connectivity index (χ0v) is 13.4. The van der Waals surface area contributed by atoms with Gasteiger partial charge in [0.2, 0.25) is 0 Å². The van der Waals surface area contributed by atoms with Gasteiger partial charge in [-0.25, -0.2) is 9.18 Å². The number of para-hydroxylation sites is 3. The molecule has 0 spiro atoms. The van der Waals surface area contributed by atoms with Crippen molar-refractivity contribution in [2.75, 3.05) is 5.32 Å². The minimum absolute atomic E-state index is 0.299. The fourth-order valence-corrected chi connectivity index (χ4v) is 2.23. The quantitative estimate of drug-likeness (QED) is 0.693. The van der Waals surface area contributed by atoms with Crippen molar-refractivity contribution in [3.8, 4) is 11.5 Å². The fourth-order valence-electron chi connectivity index (χ4n) is 2.23. The minimum Gasteiger partial charge on any atom is -0.455 e. The smallest absolute Gasteiger partial charge is 0.319 e. The van der Waals surface area contributed by atoms with Gasteiger partial charge in [0.25, 0.3) is 0 Å². The summed E-state index contributed by atoms with van der Waals surface area (Å²) in [6, 6.07) is 22.1. The molecule has 3 rings (SSSR count). The summed E-state index contributed by atoms with van der Waals surface area (Å²) >= 11 is 0. The van der Waals surface area contributed by atoms with Crippen LogP contribution in [0.3, 0.4) is 0 Å². The molecule has 0 unspecified atom stereocenters. The highest BCUT2D eigenvalue weighted by atomic mass is 19.1. The van der Waals surface area contributed by atoms with Crippen molar-refractivity contribution in [1.29, 1.82) is 0 Å². The summed E-state index contributed by atoms with van der Waals surface area (Å²) in [6.45, 7) is 0.299. The Morgan fingerprint density at radius 3 is 2.32 bits per heavy atom. The molecule has 126 valence electrons. The molecule has 0 radical (unpaired) electrons. The highest BCUT2D eigenvalue weighted by Crippen LogP contribution is 2.28. The highest BCUT2D eigenvalue weighted by molar-refractivity contribution is 5.90. The molecule has 0 bridgehead atoms. The topological polar surface area (TPSA) is 50.4 Å². The summed E-state index contributed by atoms with van der Waals surface area (Å²) in [6.07, 6.45) is 0. The molecule has 25 heavy (non-hydrogen) atoms. The lowest BCUT2D eigenvalue weighted by Crippen LogP contribution is -2.28. The molecule has 3 aromatic rings. The molecule has 2 amide bonds. The number of nitrogens with one attached hydrogen (secondary N) is 2. The summed E-state index contributed by atoms with van der Waals surface area (Å²) in [5.74, 6) is 0.925. The van der Waals surface area contributed by atoms with E-state index in [0.717, 1.165) is 5.56 Å². The van der Waals surface area contributed by atoms with Gasteiger partial charge in [0.05, 0.1) is 5.69 Å². The van der Waals surface area contributed by atoms with Crippen molar-refractivity contribution in [2.45, 2.75) is 6.54 Å². The number of halogens is 1. The van der Waals surface area contributed by atoms with Crippen molar-refractivity contribution in [1.82, 2.24) is 5.32 Å². The van der Waals surface area contributed by atoms with E-state index in [4.69, 9.17) is 4.74 Å². The van der Waals surface area contributed by atoms with Gasteiger partial charge in [0, 0.05) is 6.54 Å². The average Bonchev–Trinajstić information content (AvgIpc) is 2.64. The number of carbonyl (C=O) groups is 1. The zero-order chi connectivity index (χ0) is 17.5. The third kappa shape index (κ3) is 4.81. The van der Waals surface area contributed by atoms with Gasteiger partial charge in [-0.15, -0.1) is 0 Å². The monoisotopic (exact) mass is 336 g/mol. The van der Waals surface area contributed by atoms with Gasteiger partial charge in [-0.05, 0) is 42.0 Å². The normalized spacial score (nSPS) is 10.1. The van der Waals surface area contributed by atoms with Crippen molar-refractivity contribution < 1.29 is 13.9 Å². The number of amides is 2. The number of benzene rings is 3. The van der Waals surface area contributed by atoms with Crippen LogP contribution in [0.15, 0.2) is 78.9 Å². The van der Waals surface area contributed by atoms with Gasteiger partial charge >= 0.3 is 6.03 Å². The lowest BCUT2D eigenvalue weighted by molar-refractivity contribution is 0.251. The third-order valence-electron chi connectivity index (χ3n) is 3.47. The largest absolute Gasteiger partial charge is 0.455 e. The van der Waals surface area contributed by atoms with E-state index in [9.17, 15) is 9.18 Å². The Labute approximate surface area is 145 Å². The average molecular weight is 336 g/mol. The first-order valence-electron chi connectivity index (χ1n) is 7.82. The van der Waals surface area contributed by atoms with Gasteiger partial charge < -0.3 is 15.4 Å². The Morgan fingerprint density at radius 1 is 0.880 bits per heavy atom. The molecule has 0 aliphatic rings. The van der Waals surface area contributed by atoms with E-state index in [-0.39, 0.29) is 11.8 Å². The lowest BCUT2D eigenvalue weighted by Gasteiger charge is -2.13. The molecule has 0 saturated carbocycles. The molecule has 0 aliphatic carbocycles. The van der Waals surface area contributed by atoms with Crippen LogP contribution in [-0.4, -0.2) is 6.03 Å². The Hall–Kier alpha value is -3.34. The van der Waals surface area contributed by atoms with Crippen LogP contribution < -0.4 is 15.4 Å². The second kappa shape index (κ2) is 7.97. The van der Waals surface area contributed by atoms with E-state index in [1.807, 2.05) is 42.5 Å². The van der Waals surface area contributed by atoms with E-state index in [0.29, 0.717) is 23.7 Å². The number of rotatable bonds is 5. The first-order chi connectivity index (χ1) is 12.2. The van der Waals surface area contributed by atoms with Crippen molar-refractivity contribution in [2.24, 2.45) is 0 Å². The van der Waals surface area contributed by atoms with Crippen LogP contribution in [-0.2, 0) is 6.54 Å². The van der Waals surface area contributed by atoms with Crippen LogP contribution in [0.5, 0.6) is 11.5 Å². The Morgan fingerprint density at radius 2 is 1.56 bits per heavy atom. The summed E-state index contributed by atoms with van der Waals surface area (Å²) in [5.41, 5.74) is 1.37. The highest BCUT2D eigenvalue weighted by Gasteiger charge is 2.08. The SMILES string of the molecule is O=C(NCc1ccc(F)cc1)Nc1ccccc1Oc1ccccc1. The lowest BCUT2D eigenvalue weighted by atomic mass is 10.2. The van der Waals surface area contributed by atoms with E-state index in [2.05, 4.69) is 10.6 Å². The molecule has 0 aliphatic heterocycles. The molecule has 5 heteroatoms. The van der Waals surface area contributed by atoms with Crippen LogP contribution in [0, 0.1) is 5.82 Å². The van der Waals surface area contributed by atoms with Crippen LogP contribution in [0.4, 0.5) is 14.9 Å². The van der Waals surface area contributed by atoms with Crippen LogP contribution in [0.2, 0.25) is 0 Å². The zero-order valence-electron chi connectivity index (χ0n) is 13.4. The van der Waals surface area contributed by atoms with Gasteiger partial charge in [0.1, 0.15) is 11.6 Å². The molecular weight excluding hydrogens is 319 g/mol. The third-order valence-corrected chi connectivity index (χ3v) is 3.47. The van der Waals surface area contributed by atoms with Gasteiger partial charge in [0.15, 0.2) is 5.75 Å². The number of hydrogen-bond donors (Lipinski definition) is 2. The fraction of sp³-hybridized carbons (Fsp3) is 0.0500. The molecule has 4 nitrogen and oxygen atoms in total. The number of carbonyl (C=O) groups excluding carboxylic acids is 1. The minimum atomic E-state index is -0.367. The van der Waals surface area contributed by atoms with Crippen LogP contribution in [0.1, 0.15) is 5.56 Å². The summed E-state index contributed by atoms with van der Waals surface area (Å²) < 4.78 is 18.7. The van der Waals surface area contributed by atoms with Gasteiger partial charge in [-0.2, -0.15) is 0 Å². The second-order valence-corrected chi connectivity index (χ2v) is 5.35. The standard InChI is InChI=1S/C20H17FN2O2/c21-16-12-10-15(11-13-16)14-22-20(24)23-18-8-4-5-9-19(18)25-17-6-2-1-3-7-17/h1-13H,14H2,(H2,22,23,24). The molecule has 2 N–H and O–H groups in total. The molecule has 0 atom stereocenters. The predicted molar refractivity (Wildman–Crippen MR) is 95.2 cm³/mol. The summed E-state index contributed by atoms with van der Waals surface area (Å²) in [4.78, 5) is 12.1. The first kappa shape index (κ1) is 16.5. The molecule has 0 aromatic heterocycles. The van der Waals surface area contributed by atoms with Gasteiger partial charge in [-0.3, -0.25) is 0 Å². The molecule has 0 saturated heterocycles. The van der Waals surface area contributed by atoms with E-state index < -0.39 is 0 Å². The second-order valence-electron chi connectivity index (χ2n) is 5.35. The van der Waals surface area contributed by atoms with Crippen molar-refractivity contribution in [3.05, 3.63) is 90.2 Å². The molecule has 0 fully saturated rings. The van der Waals surface area contributed by atoms with Crippen LogP contribution >= 0.6 is 0 Å². The maximum absolute atomic E-state index is 12.9. The predicted octanol–water partition coefficient (Wildman–Crippen LogP) is 4.94. The summed E-state index contributed by atoms with van der Waals surface area (Å²) in [5, 5.41) is 5.49. The van der Waals surface area contributed by atoms with E-state index in [1.165, 1.54) is 12.1 Å². The number of urea groups is 1. The maximum atomic E-state index is 12.9. The Bertz CT molecular complexity index is 836. The first-order valence-corrected chi connectivity index (χ1v) is 7.82. The number of ether oxygens (including phenoxy) is 1. The van der Waals surface area contributed by atoms with E-state index in [1.54, 1.807) is 24.3 Å². The number of hydrogen-bond acceptors (Lipinski definition) is 2.